The van der Waals surface area contributed by atoms with Gasteiger partial charge in [-0.25, -0.2) is 4.39 Å². The van der Waals surface area contributed by atoms with Gasteiger partial charge in [0.25, 0.3) is 0 Å². The summed E-state index contributed by atoms with van der Waals surface area (Å²) in [6.07, 6.45) is -0.683. The van der Waals surface area contributed by atoms with Crippen LogP contribution in [-0.2, 0) is 14.2 Å². The molecule has 0 aliphatic carbocycles. The third kappa shape index (κ3) is 3.22. The molecule has 1 aliphatic rings. The second-order valence-electron chi connectivity index (χ2n) is 7.11. The molecule has 0 spiro atoms. The number of ether oxygens (including phenoxy) is 4. The molecule has 1 fully saturated rings. The van der Waals surface area contributed by atoms with Crippen LogP contribution in [0.1, 0.15) is 39.5 Å². The quantitative estimate of drug-likeness (QED) is 0.693. The molecule has 0 saturated carbocycles. The highest BCUT2D eigenvalue weighted by atomic mass is 35.5. The van der Waals surface area contributed by atoms with E-state index in [9.17, 15) is 4.39 Å². The van der Waals surface area contributed by atoms with Crippen molar-refractivity contribution < 1.29 is 23.3 Å². The average molecular weight is 369 g/mol. The van der Waals surface area contributed by atoms with Crippen LogP contribution in [0.4, 0.5) is 4.39 Å². The summed E-state index contributed by atoms with van der Waals surface area (Å²) in [4.78, 5) is 0. The minimum absolute atomic E-state index is 0.0421. The van der Waals surface area contributed by atoms with E-state index in [1.165, 1.54) is 6.07 Å². The number of halogens is 2. The highest BCUT2D eigenvalue weighted by molar-refractivity contribution is 6.36. The zero-order chi connectivity index (χ0) is 18.4. The van der Waals surface area contributed by atoms with Gasteiger partial charge < -0.3 is 18.9 Å². The number of hydrogen-bond acceptors (Lipinski definition) is 4. The fraction of sp³-hybridized carbons (Fsp3) is 0.474. The van der Waals surface area contributed by atoms with Crippen molar-refractivity contribution in [3.05, 3.63) is 40.7 Å². The topological polar surface area (TPSA) is 36.9 Å². The van der Waals surface area contributed by atoms with Gasteiger partial charge in [-0.05, 0) is 51.3 Å². The summed E-state index contributed by atoms with van der Waals surface area (Å²) in [7, 11) is 1.54. The van der Waals surface area contributed by atoms with Gasteiger partial charge in [0.2, 0.25) is 0 Å². The molecule has 25 heavy (non-hydrogen) atoms. The highest BCUT2D eigenvalue weighted by Crippen LogP contribution is 2.48. The Kier molecular flexibility index (Phi) is 4.71. The monoisotopic (exact) mass is 368 g/mol. The second-order valence-corrected chi connectivity index (χ2v) is 7.49. The first-order chi connectivity index (χ1) is 11.7. The lowest BCUT2D eigenvalue weighted by Crippen LogP contribution is -2.41. The normalized spacial score (nSPS) is 19.5. The number of rotatable bonds is 4. The van der Waals surface area contributed by atoms with Crippen molar-refractivity contribution in [3.63, 3.8) is 0 Å². The molecule has 0 atom stereocenters. The lowest BCUT2D eigenvalue weighted by Gasteiger charge is -2.30. The van der Waals surface area contributed by atoms with Crippen LogP contribution in [0.5, 0.6) is 5.75 Å². The first kappa shape index (κ1) is 18.4. The van der Waals surface area contributed by atoms with Crippen LogP contribution in [0.3, 0.4) is 0 Å². The van der Waals surface area contributed by atoms with Crippen LogP contribution >= 0.6 is 11.6 Å². The van der Waals surface area contributed by atoms with Crippen molar-refractivity contribution in [2.24, 2.45) is 0 Å². The number of fused-ring (bicyclic) bond motifs is 1. The highest BCUT2D eigenvalue weighted by Gasteiger charge is 2.50. The maximum Gasteiger partial charge on any atom is 0.188 e. The lowest BCUT2D eigenvalue weighted by atomic mass is 9.90. The Balaban J connectivity index is 2.16. The van der Waals surface area contributed by atoms with Crippen molar-refractivity contribution in [1.82, 2.24) is 0 Å². The van der Waals surface area contributed by atoms with Crippen molar-refractivity contribution in [2.75, 3.05) is 13.9 Å². The van der Waals surface area contributed by atoms with Crippen molar-refractivity contribution in [1.29, 1.82) is 0 Å². The smallest absolute Gasteiger partial charge is 0.188 e. The van der Waals surface area contributed by atoms with Gasteiger partial charge in [0, 0.05) is 18.1 Å². The van der Waals surface area contributed by atoms with Gasteiger partial charge in [-0.1, -0.05) is 17.7 Å². The first-order valence-corrected chi connectivity index (χ1v) is 8.43. The molecule has 0 radical (unpaired) electrons. The van der Waals surface area contributed by atoms with E-state index in [0.29, 0.717) is 16.7 Å². The van der Waals surface area contributed by atoms with Crippen LogP contribution in [0.15, 0.2) is 24.3 Å². The van der Waals surface area contributed by atoms with Crippen LogP contribution in [0.2, 0.25) is 5.02 Å². The molecule has 4 nitrogen and oxygen atoms in total. The van der Waals surface area contributed by atoms with E-state index in [0.717, 1.165) is 5.39 Å². The lowest BCUT2D eigenvalue weighted by molar-refractivity contribution is -0.0887. The molecule has 136 valence electrons. The van der Waals surface area contributed by atoms with Crippen LogP contribution < -0.4 is 4.74 Å². The molecule has 1 saturated heterocycles. The maximum atomic E-state index is 14.1. The minimum atomic E-state index is -0.683. The second kappa shape index (κ2) is 6.40. The third-order valence-electron chi connectivity index (χ3n) is 4.86. The summed E-state index contributed by atoms with van der Waals surface area (Å²) in [5.41, 5.74) is -0.410. The zero-order valence-corrected chi connectivity index (χ0v) is 15.7. The number of benzene rings is 2. The molecule has 0 N–H and O–H groups in total. The van der Waals surface area contributed by atoms with E-state index in [2.05, 4.69) is 0 Å². The molecule has 2 aromatic carbocycles. The summed E-state index contributed by atoms with van der Waals surface area (Å²) in [6, 6.07) is 6.53. The van der Waals surface area contributed by atoms with Crippen molar-refractivity contribution >= 4 is 22.4 Å². The Labute approximate surface area is 151 Å². The van der Waals surface area contributed by atoms with Crippen LogP contribution in [0.25, 0.3) is 10.8 Å². The molecule has 0 unspecified atom stereocenters. The number of hydrogen-bond donors (Lipinski definition) is 0. The van der Waals surface area contributed by atoms with E-state index >= 15 is 0 Å². The summed E-state index contributed by atoms with van der Waals surface area (Å²) < 4.78 is 36.8. The van der Waals surface area contributed by atoms with Crippen molar-refractivity contribution in [2.45, 2.75) is 45.2 Å². The summed E-state index contributed by atoms with van der Waals surface area (Å²) >= 11 is 6.26. The number of methoxy groups -OCH3 is 1. The van der Waals surface area contributed by atoms with Gasteiger partial charge in [0.05, 0.1) is 16.2 Å². The van der Waals surface area contributed by atoms with Gasteiger partial charge in [-0.2, -0.15) is 0 Å². The van der Waals surface area contributed by atoms with Crippen LogP contribution in [-0.4, -0.2) is 25.1 Å². The third-order valence-corrected chi connectivity index (χ3v) is 5.23. The summed E-state index contributed by atoms with van der Waals surface area (Å²) in [5, 5.41) is 1.34. The molecule has 2 aromatic rings. The average Bonchev–Trinajstić information content (AvgIpc) is 2.76. The predicted octanol–water partition coefficient (Wildman–Crippen LogP) is 5.22. The summed E-state index contributed by atoms with van der Waals surface area (Å²) in [6.45, 7) is 7.94. The van der Waals surface area contributed by atoms with Crippen LogP contribution in [0, 0.1) is 5.82 Å². The van der Waals surface area contributed by atoms with Gasteiger partial charge in [-0.3, -0.25) is 0 Å². The maximum absolute atomic E-state index is 14.1. The molecule has 0 amide bonds. The van der Waals surface area contributed by atoms with E-state index < -0.39 is 23.3 Å². The van der Waals surface area contributed by atoms with Gasteiger partial charge >= 0.3 is 0 Å². The van der Waals surface area contributed by atoms with E-state index in [1.807, 2.05) is 27.7 Å². The fourth-order valence-electron chi connectivity index (χ4n) is 2.77. The Morgan fingerprint density at radius 3 is 2.36 bits per heavy atom. The zero-order valence-electron chi connectivity index (χ0n) is 15.0. The Bertz CT molecular complexity index is 788. The molecule has 0 bridgehead atoms. The molecular formula is C19H22ClFO4. The fourth-order valence-corrected chi connectivity index (χ4v) is 3.05. The molecular weight excluding hydrogens is 347 g/mol. The van der Waals surface area contributed by atoms with E-state index in [1.54, 1.807) is 25.3 Å². The standard InChI is InChI=1S/C19H22ClFO4/c1-18(2)19(3,4)25-17(24-18)13-9-12(23-10-22-5)8-11-6-7-14(21)16(20)15(11)13/h6-9,17H,10H2,1-5H3. The van der Waals surface area contributed by atoms with Gasteiger partial charge in [0.15, 0.2) is 13.1 Å². The van der Waals surface area contributed by atoms with Gasteiger partial charge in [0.1, 0.15) is 11.6 Å². The minimum Gasteiger partial charge on any atom is -0.468 e. The Morgan fingerprint density at radius 2 is 1.76 bits per heavy atom. The Hall–Kier alpha value is -1.40. The van der Waals surface area contributed by atoms with E-state index in [4.69, 9.17) is 30.5 Å². The largest absolute Gasteiger partial charge is 0.468 e. The first-order valence-electron chi connectivity index (χ1n) is 8.05. The van der Waals surface area contributed by atoms with E-state index in [-0.39, 0.29) is 11.8 Å². The van der Waals surface area contributed by atoms with Gasteiger partial charge in [-0.15, -0.1) is 0 Å². The molecule has 1 aliphatic heterocycles. The molecule has 3 rings (SSSR count). The Morgan fingerprint density at radius 1 is 1.12 bits per heavy atom. The molecule has 6 heteroatoms. The molecule has 1 heterocycles. The van der Waals surface area contributed by atoms with Crippen molar-refractivity contribution in [3.8, 4) is 5.75 Å². The summed E-state index contributed by atoms with van der Waals surface area (Å²) in [5.74, 6) is 0.0826. The predicted molar refractivity (Wildman–Crippen MR) is 94.5 cm³/mol. The molecule has 0 aromatic heterocycles. The SMILES string of the molecule is COCOc1cc(C2OC(C)(C)C(C)(C)O2)c2c(Cl)c(F)ccc2c1.